The van der Waals surface area contributed by atoms with Crippen LogP contribution in [0.5, 0.6) is 0 Å². The van der Waals surface area contributed by atoms with E-state index in [0.717, 1.165) is 43.1 Å². The minimum absolute atomic E-state index is 0.165. The highest BCUT2D eigenvalue weighted by Gasteiger charge is 2.33. The van der Waals surface area contributed by atoms with Crippen LogP contribution in [-0.2, 0) is 11.3 Å². The minimum Gasteiger partial charge on any atom is -0.338 e. The fourth-order valence-electron chi connectivity index (χ4n) is 4.86. The molecule has 0 radical (unpaired) electrons. The van der Waals surface area contributed by atoms with Gasteiger partial charge in [0, 0.05) is 38.2 Å². The lowest BCUT2D eigenvalue weighted by atomic mass is 9.75. The van der Waals surface area contributed by atoms with Crippen molar-refractivity contribution in [2.75, 3.05) is 19.6 Å². The molecule has 2 unspecified atom stereocenters. The molecule has 4 rings (SSSR count). The van der Waals surface area contributed by atoms with Gasteiger partial charge in [-0.05, 0) is 48.8 Å². The third-order valence-corrected chi connectivity index (χ3v) is 6.30. The van der Waals surface area contributed by atoms with Gasteiger partial charge in [-0.1, -0.05) is 31.4 Å². The molecule has 1 aliphatic carbocycles. The Balaban J connectivity index is 1.43. The maximum absolute atomic E-state index is 13.0. The average Bonchev–Trinajstić information content (AvgIpc) is 3.05. The summed E-state index contributed by atoms with van der Waals surface area (Å²) in [6.45, 7) is 3.30. The molecule has 1 saturated carbocycles. The van der Waals surface area contributed by atoms with Crippen LogP contribution in [0.1, 0.15) is 60.9 Å². The Labute approximate surface area is 150 Å². The maximum Gasteiger partial charge on any atom is 0.253 e. The number of carbonyl (C=O) groups is 2. The molecule has 4 nitrogen and oxygen atoms in total. The summed E-state index contributed by atoms with van der Waals surface area (Å²) >= 11 is 0. The number of hydrogen-bond acceptors (Lipinski definition) is 2. The molecular formula is C21H28N2O2. The summed E-state index contributed by atoms with van der Waals surface area (Å²) in [5, 5.41) is 0. The molecule has 1 aromatic carbocycles. The molecule has 0 spiro atoms. The van der Waals surface area contributed by atoms with Gasteiger partial charge in [0.05, 0.1) is 0 Å². The maximum atomic E-state index is 13.0. The van der Waals surface area contributed by atoms with E-state index >= 15 is 0 Å². The van der Waals surface area contributed by atoms with Crippen LogP contribution in [0, 0.1) is 11.8 Å². The highest BCUT2D eigenvalue weighted by atomic mass is 16.2. The number of rotatable bonds is 3. The van der Waals surface area contributed by atoms with Crippen molar-refractivity contribution in [1.29, 1.82) is 0 Å². The van der Waals surface area contributed by atoms with Gasteiger partial charge in [0.25, 0.3) is 5.91 Å². The standard InChI is InChI=1S/C21H28N2O2/c24-20-9-4-11-22(20)14-16-5-3-8-18(13-16)21(25)23-12-10-17-6-1-2-7-19(17)15-23/h3,5,8,13,17,19H,1-2,4,6-7,9-12,14-15H2. The van der Waals surface area contributed by atoms with Gasteiger partial charge in [-0.3, -0.25) is 9.59 Å². The van der Waals surface area contributed by atoms with Crippen molar-refractivity contribution in [3.05, 3.63) is 35.4 Å². The molecule has 1 aromatic rings. The van der Waals surface area contributed by atoms with Crippen LogP contribution in [0.15, 0.2) is 24.3 Å². The molecule has 25 heavy (non-hydrogen) atoms. The first-order valence-corrected chi connectivity index (χ1v) is 9.87. The van der Waals surface area contributed by atoms with Gasteiger partial charge in [0.1, 0.15) is 0 Å². The van der Waals surface area contributed by atoms with E-state index in [2.05, 4.69) is 4.90 Å². The summed E-state index contributed by atoms with van der Waals surface area (Å²) < 4.78 is 0. The largest absolute Gasteiger partial charge is 0.338 e. The normalized spacial score (nSPS) is 26.6. The number of piperidine rings is 1. The van der Waals surface area contributed by atoms with Crippen LogP contribution < -0.4 is 0 Å². The second-order valence-corrected chi connectivity index (χ2v) is 7.96. The van der Waals surface area contributed by atoms with Gasteiger partial charge < -0.3 is 9.80 Å². The number of nitrogens with zero attached hydrogens (tertiary/aromatic N) is 2. The zero-order chi connectivity index (χ0) is 17.2. The molecule has 3 aliphatic rings. The van der Waals surface area contributed by atoms with Crippen molar-refractivity contribution >= 4 is 11.8 Å². The summed E-state index contributed by atoms with van der Waals surface area (Å²) in [6.07, 6.45) is 8.10. The van der Waals surface area contributed by atoms with E-state index in [9.17, 15) is 9.59 Å². The van der Waals surface area contributed by atoms with Crippen LogP contribution >= 0.6 is 0 Å². The first kappa shape index (κ1) is 16.6. The van der Waals surface area contributed by atoms with Crippen molar-refractivity contribution in [2.45, 2.75) is 51.5 Å². The van der Waals surface area contributed by atoms with Crippen LogP contribution in [0.3, 0.4) is 0 Å². The van der Waals surface area contributed by atoms with Gasteiger partial charge >= 0.3 is 0 Å². The lowest BCUT2D eigenvalue weighted by Gasteiger charge is -2.41. The number of fused-ring (bicyclic) bond motifs is 1. The van der Waals surface area contributed by atoms with Crippen LogP contribution in [0.25, 0.3) is 0 Å². The number of hydrogen-bond donors (Lipinski definition) is 0. The van der Waals surface area contributed by atoms with Crippen molar-refractivity contribution in [3.63, 3.8) is 0 Å². The fourth-order valence-corrected chi connectivity index (χ4v) is 4.86. The summed E-state index contributed by atoms with van der Waals surface area (Å²) in [6, 6.07) is 7.89. The summed E-state index contributed by atoms with van der Waals surface area (Å²) in [5.41, 5.74) is 1.84. The van der Waals surface area contributed by atoms with Crippen molar-refractivity contribution < 1.29 is 9.59 Å². The highest BCUT2D eigenvalue weighted by molar-refractivity contribution is 5.94. The van der Waals surface area contributed by atoms with E-state index in [0.29, 0.717) is 18.9 Å². The van der Waals surface area contributed by atoms with E-state index in [1.165, 1.54) is 32.1 Å². The number of likely N-dealkylation sites (tertiary alicyclic amines) is 2. The molecule has 134 valence electrons. The summed E-state index contributed by atoms with van der Waals surface area (Å²) in [4.78, 5) is 28.8. The second-order valence-electron chi connectivity index (χ2n) is 7.96. The molecular weight excluding hydrogens is 312 g/mol. The average molecular weight is 340 g/mol. The predicted octanol–water partition coefficient (Wildman–Crippen LogP) is 3.46. The van der Waals surface area contributed by atoms with Crippen molar-refractivity contribution in [3.8, 4) is 0 Å². The monoisotopic (exact) mass is 340 g/mol. The smallest absolute Gasteiger partial charge is 0.253 e. The Hall–Kier alpha value is -1.84. The van der Waals surface area contributed by atoms with Gasteiger partial charge in [-0.25, -0.2) is 0 Å². The molecule has 0 bridgehead atoms. The van der Waals surface area contributed by atoms with Crippen LogP contribution in [0.2, 0.25) is 0 Å². The van der Waals surface area contributed by atoms with Crippen molar-refractivity contribution in [2.24, 2.45) is 11.8 Å². The number of amides is 2. The lowest BCUT2D eigenvalue weighted by Crippen LogP contribution is -2.44. The molecule has 2 amide bonds. The van der Waals surface area contributed by atoms with E-state index in [-0.39, 0.29) is 11.8 Å². The van der Waals surface area contributed by atoms with Gasteiger partial charge in [-0.15, -0.1) is 0 Å². The topological polar surface area (TPSA) is 40.6 Å². The Morgan fingerprint density at radius 1 is 1.04 bits per heavy atom. The molecule has 2 atom stereocenters. The second kappa shape index (κ2) is 7.19. The van der Waals surface area contributed by atoms with E-state index in [1.54, 1.807) is 0 Å². The highest BCUT2D eigenvalue weighted by Crippen LogP contribution is 2.36. The molecule has 3 fully saturated rings. The third kappa shape index (κ3) is 3.58. The van der Waals surface area contributed by atoms with E-state index < -0.39 is 0 Å². The SMILES string of the molecule is O=C1CCCN1Cc1cccc(C(=O)N2CCC3CCCCC3C2)c1. The molecule has 2 saturated heterocycles. The zero-order valence-electron chi connectivity index (χ0n) is 15.0. The number of carbonyl (C=O) groups excluding carboxylic acids is 2. The quantitative estimate of drug-likeness (QED) is 0.845. The molecule has 2 aliphatic heterocycles. The Morgan fingerprint density at radius 3 is 2.68 bits per heavy atom. The van der Waals surface area contributed by atoms with Crippen LogP contribution in [-0.4, -0.2) is 41.2 Å². The van der Waals surface area contributed by atoms with E-state index in [1.807, 2.05) is 29.2 Å². The minimum atomic E-state index is 0.165. The Bertz CT molecular complexity index is 657. The zero-order valence-corrected chi connectivity index (χ0v) is 15.0. The lowest BCUT2D eigenvalue weighted by molar-refractivity contribution is -0.128. The first-order chi connectivity index (χ1) is 12.2. The molecule has 0 N–H and O–H groups in total. The van der Waals surface area contributed by atoms with E-state index in [4.69, 9.17) is 0 Å². The molecule has 4 heteroatoms. The van der Waals surface area contributed by atoms with Gasteiger partial charge in [-0.2, -0.15) is 0 Å². The number of benzene rings is 1. The van der Waals surface area contributed by atoms with Gasteiger partial charge in [0.15, 0.2) is 0 Å². The Morgan fingerprint density at radius 2 is 1.88 bits per heavy atom. The molecule has 2 heterocycles. The predicted molar refractivity (Wildman–Crippen MR) is 97.1 cm³/mol. The fraction of sp³-hybridized carbons (Fsp3) is 0.619. The Kier molecular flexibility index (Phi) is 4.78. The van der Waals surface area contributed by atoms with Gasteiger partial charge in [0.2, 0.25) is 5.91 Å². The molecule has 0 aromatic heterocycles. The van der Waals surface area contributed by atoms with Crippen molar-refractivity contribution in [1.82, 2.24) is 9.80 Å². The summed E-state index contributed by atoms with van der Waals surface area (Å²) in [7, 11) is 0. The van der Waals surface area contributed by atoms with Crippen LogP contribution in [0.4, 0.5) is 0 Å². The third-order valence-electron chi connectivity index (χ3n) is 6.30. The first-order valence-electron chi connectivity index (χ1n) is 9.87. The summed E-state index contributed by atoms with van der Waals surface area (Å²) in [5.74, 6) is 1.94.